The first kappa shape index (κ1) is 20.9. The quantitative estimate of drug-likeness (QED) is 0.383. The van der Waals surface area contributed by atoms with E-state index in [1.807, 2.05) is 0 Å². The number of carbonyl (C=O) groups excluding carboxylic acids is 1. The number of carboxylic acid groups (broad SMARTS) is 1. The van der Waals surface area contributed by atoms with E-state index in [0.29, 0.717) is 24.5 Å². The Morgan fingerprint density at radius 2 is 1.92 bits per heavy atom. The second-order valence-corrected chi connectivity index (χ2v) is 7.05. The zero-order valence-electron chi connectivity index (χ0n) is 15.1. The molecule has 1 aliphatic rings. The van der Waals surface area contributed by atoms with Gasteiger partial charge in [-0.05, 0) is 50.9 Å². The maximum absolute atomic E-state index is 12.1. The van der Waals surface area contributed by atoms with Gasteiger partial charge in [0.05, 0.1) is 0 Å². The van der Waals surface area contributed by atoms with Crippen molar-refractivity contribution in [3.63, 3.8) is 0 Å². The van der Waals surface area contributed by atoms with Gasteiger partial charge in [-0.15, -0.1) is 0 Å². The number of aliphatic hydroxyl groups excluding tert-OH is 1. The average molecular weight is 338 g/mol. The van der Waals surface area contributed by atoms with E-state index in [1.165, 1.54) is 12.8 Å². The molecule has 0 aromatic carbocycles. The van der Waals surface area contributed by atoms with Gasteiger partial charge in [0, 0.05) is 12.3 Å². The number of rotatable bonds is 13. The van der Waals surface area contributed by atoms with Gasteiger partial charge in [-0.3, -0.25) is 4.79 Å². The van der Waals surface area contributed by atoms with E-state index in [-0.39, 0.29) is 5.92 Å². The van der Waals surface area contributed by atoms with Gasteiger partial charge in [0.2, 0.25) is 0 Å². The molecule has 0 spiro atoms. The second-order valence-electron chi connectivity index (χ2n) is 7.05. The Kier molecular flexibility index (Phi) is 10.6. The number of aliphatic hydroxyl groups is 1. The molecule has 0 aliphatic heterocycles. The first-order chi connectivity index (χ1) is 11.6. The molecule has 1 aliphatic carbocycles. The van der Waals surface area contributed by atoms with Crippen molar-refractivity contribution in [3.8, 4) is 0 Å². The minimum atomic E-state index is -1.24. The van der Waals surface area contributed by atoms with Crippen molar-refractivity contribution in [3.05, 3.63) is 12.2 Å². The number of carboxylic acids is 1. The van der Waals surface area contributed by atoms with Gasteiger partial charge in [0.15, 0.2) is 6.10 Å². The topological polar surface area (TPSA) is 74.6 Å². The Morgan fingerprint density at radius 1 is 1.17 bits per heavy atom. The molecule has 1 unspecified atom stereocenters. The first-order valence-electron chi connectivity index (χ1n) is 9.64. The van der Waals surface area contributed by atoms with Crippen LogP contribution in [-0.4, -0.2) is 28.1 Å². The number of hydrogen-bond acceptors (Lipinski definition) is 3. The number of unbranched alkanes of at least 4 members (excludes halogenated alkanes) is 4. The summed E-state index contributed by atoms with van der Waals surface area (Å²) in [6, 6.07) is 0. The monoisotopic (exact) mass is 338 g/mol. The molecule has 1 fully saturated rings. The number of ketones is 1. The van der Waals surface area contributed by atoms with Gasteiger partial charge in [0.1, 0.15) is 5.78 Å². The van der Waals surface area contributed by atoms with Crippen molar-refractivity contribution in [2.75, 3.05) is 0 Å². The number of Topliss-reactive ketones (excluding diaryl/α,β-unsaturated/α-hetero) is 1. The highest BCUT2D eigenvalue weighted by Gasteiger charge is 2.33. The lowest BCUT2D eigenvalue weighted by Crippen LogP contribution is -2.19. The highest BCUT2D eigenvalue weighted by Crippen LogP contribution is 2.36. The van der Waals surface area contributed by atoms with Gasteiger partial charge in [-0.2, -0.15) is 0 Å². The third-order valence-corrected chi connectivity index (χ3v) is 5.09. The Hall–Kier alpha value is -1.16. The van der Waals surface area contributed by atoms with Crippen LogP contribution in [0.5, 0.6) is 0 Å². The molecule has 4 nitrogen and oxygen atoms in total. The van der Waals surface area contributed by atoms with Crippen LogP contribution in [0, 0.1) is 11.8 Å². The number of allylic oxidation sites excluding steroid dienone is 2. The SMILES string of the molecule is CCCC=CCCC[C@H]1CCC(=O)[C@@H]1CCCCCC(O)C(=O)O. The lowest BCUT2D eigenvalue weighted by Gasteiger charge is -2.18. The first-order valence-corrected chi connectivity index (χ1v) is 9.64. The van der Waals surface area contributed by atoms with Gasteiger partial charge in [-0.25, -0.2) is 4.79 Å². The summed E-state index contributed by atoms with van der Waals surface area (Å²) >= 11 is 0. The van der Waals surface area contributed by atoms with Crippen LogP contribution in [0.2, 0.25) is 0 Å². The summed E-state index contributed by atoms with van der Waals surface area (Å²) < 4.78 is 0. The maximum Gasteiger partial charge on any atom is 0.332 e. The van der Waals surface area contributed by atoms with Gasteiger partial charge < -0.3 is 10.2 Å². The van der Waals surface area contributed by atoms with Gasteiger partial charge in [-0.1, -0.05) is 44.8 Å². The molecule has 1 saturated carbocycles. The van der Waals surface area contributed by atoms with Crippen molar-refractivity contribution >= 4 is 11.8 Å². The highest BCUT2D eigenvalue weighted by atomic mass is 16.4. The van der Waals surface area contributed by atoms with E-state index in [4.69, 9.17) is 5.11 Å². The maximum atomic E-state index is 12.1. The van der Waals surface area contributed by atoms with Gasteiger partial charge >= 0.3 is 5.97 Å². The molecule has 2 N–H and O–H groups in total. The number of carbonyl (C=O) groups is 2. The molecule has 1 rings (SSSR count). The smallest absolute Gasteiger partial charge is 0.332 e. The molecule has 0 amide bonds. The summed E-state index contributed by atoms with van der Waals surface area (Å²) in [5.41, 5.74) is 0. The Bertz CT molecular complexity index is 402. The molecule has 0 bridgehead atoms. The predicted octanol–water partition coefficient (Wildman–Crippen LogP) is 4.50. The molecule has 0 heterocycles. The third kappa shape index (κ3) is 8.09. The highest BCUT2D eigenvalue weighted by molar-refractivity contribution is 5.83. The van der Waals surface area contributed by atoms with Crippen LogP contribution >= 0.6 is 0 Å². The lowest BCUT2D eigenvalue weighted by atomic mass is 9.86. The minimum Gasteiger partial charge on any atom is -0.479 e. The Balaban J connectivity index is 2.19. The molecule has 0 aromatic heterocycles. The van der Waals surface area contributed by atoms with Crippen molar-refractivity contribution in [2.24, 2.45) is 11.8 Å². The fraction of sp³-hybridized carbons (Fsp3) is 0.800. The standard InChI is InChI=1S/C20H34O4/c1-2-3-4-5-6-8-11-16-14-15-18(21)17(16)12-9-7-10-13-19(22)20(23)24/h4-5,16-17,19,22H,2-3,6-15H2,1H3,(H,23,24)/t16-,17+,19?/m0/s1. The lowest BCUT2D eigenvalue weighted by molar-refractivity contribution is -0.146. The van der Waals surface area contributed by atoms with Crippen LogP contribution in [0.4, 0.5) is 0 Å². The molecule has 0 radical (unpaired) electrons. The van der Waals surface area contributed by atoms with Crippen LogP contribution in [0.15, 0.2) is 12.2 Å². The van der Waals surface area contributed by atoms with E-state index in [0.717, 1.165) is 51.4 Å². The van der Waals surface area contributed by atoms with Crippen LogP contribution < -0.4 is 0 Å². The van der Waals surface area contributed by atoms with Crippen molar-refractivity contribution in [1.82, 2.24) is 0 Å². The molecule has 0 aromatic rings. The van der Waals surface area contributed by atoms with E-state index in [9.17, 15) is 14.7 Å². The molecule has 4 heteroatoms. The average Bonchev–Trinajstić information content (AvgIpc) is 2.90. The summed E-state index contributed by atoms with van der Waals surface area (Å²) in [5.74, 6) is 0.0387. The van der Waals surface area contributed by atoms with E-state index in [2.05, 4.69) is 19.1 Å². The molecule has 138 valence electrons. The van der Waals surface area contributed by atoms with E-state index in [1.54, 1.807) is 0 Å². The summed E-state index contributed by atoms with van der Waals surface area (Å²) in [7, 11) is 0. The largest absolute Gasteiger partial charge is 0.479 e. The molecular formula is C20H34O4. The zero-order chi connectivity index (χ0) is 17.8. The normalized spacial score (nSPS) is 22.3. The van der Waals surface area contributed by atoms with Crippen LogP contribution in [0.1, 0.15) is 84.0 Å². The predicted molar refractivity (Wildman–Crippen MR) is 95.8 cm³/mol. The van der Waals surface area contributed by atoms with Crippen LogP contribution in [0.3, 0.4) is 0 Å². The summed E-state index contributed by atoms with van der Waals surface area (Å²) in [6.45, 7) is 2.18. The van der Waals surface area contributed by atoms with Crippen LogP contribution in [-0.2, 0) is 9.59 Å². The van der Waals surface area contributed by atoms with Crippen molar-refractivity contribution in [2.45, 2.75) is 90.1 Å². The second kappa shape index (κ2) is 12.2. The van der Waals surface area contributed by atoms with Crippen LogP contribution in [0.25, 0.3) is 0 Å². The fourth-order valence-corrected chi connectivity index (χ4v) is 3.62. The molecule has 24 heavy (non-hydrogen) atoms. The fourth-order valence-electron chi connectivity index (χ4n) is 3.62. The Morgan fingerprint density at radius 3 is 2.62 bits per heavy atom. The third-order valence-electron chi connectivity index (χ3n) is 5.09. The van der Waals surface area contributed by atoms with Crippen molar-refractivity contribution < 1.29 is 19.8 Å². The zero-order valence-corrected chi connectivity index (χ0v) is 15.1. The summed E-state index contributed by atoms with van der Waals surface area (Å²) in [5, 5.41) is 17.9. The van der Waals surface area contributed by atoms with E-state index < -0.39 is 12.1 Å². The Labute approximate surface area is 146 Å². The molecular weight excluding hydrogens is 304 g/mol. The van der Waals surface area contributed by atoms with E-state index >= 15 is 0 Å². The summed E-state index contributed by atoms with van der Waals surface area (Å²) in [6.07, 6.45) is 14.6. The minimum absolute atomic E-state index is 0.217. The molecule has 0 saturated heterocycles. The molecule has 3 atom stereocenters. The summed E-state index contributed by atoms with van der Waals surface area (Å²) in [4.78, 5) is 22.6. The number of aliphatic carboxylic acids is 1. The van der Waals surface area contributed by atoms with Gasteiger partial charge in [0.25, 0.3) is 0 Å². The number of hydrogen-bond donors (Lipinski definition) is 2. The van der Waals surface area contributed by atoms with Crippen molar-refractivity contribution in [1.29, 1.82) is 0 Å².